The van der Waals surface area contributed by atoms with E-state index in [0.717, 1.165) is 12.1 Å². The van der Waals surface area contributed by atoms with Crippen LogP contribution in [0.3, 0.4) is 0 Å². The molecular formula is C26H26F3N5O8S2. The van der Waals surface area contributed by atoms with Crippen LogP contribution in [0.15, 0.2) is 61.1 Å². The van der Waals surface area contributed by atoms with E-state index >= 15 is 0 Å². The second kappa shape index (κ2) is 12.7. The number of hydrogen-bond acceptors (Lipinski definition) is 11. The van der Waals surface area contributed by atoms with Gasteiger partial charge in [-0.15, -0.1) is 13.2 Å². The number of carbonyl (C=O) groups is 1. The van der Waals surface area contributed by atoms with Crippen LogP contribution in [0.5, 0.6) is 17.2 Å². The highest BCUT2D eigenvalue weighted by Crippen LogP contribution is 2.32. The van der Waals surface area contributed by atoms with Crippen molar-refractivity contribution in [3.63, 3.8) is 0 Å². The maximum Gasteiger partial charge on any atom is 0.573 e. The van der Waals surface area contributed by atoms with Gasteiger partial charge in [-0.3, -0.25) is 4.79 Å². The Kier molecular flexibility index (Phi) is 9.36. The van der Waals surface area contributed by atoms with Crippen LogP contribution in [0.4, 0.5) is 24.7 Å². The van der Waals surface area contributed by atoms with Gasteiger partial charge in [0.05, 0.1) is 11.8 Å². The predicted octanol–water partition coefficient (Wildman–Crippen LogP) is 3.64. The Balaban J connectivity index is 1.47. The van der Waals surface area contributed by atoms with Gasteiger partial charge in [-0.1, -0.05) is 6.07 Å². The molecule has 4 aromatic rings. The standard InChI is InChI=1S/C26H26F3N5O8S2/c1-16-13-17(7-8-21(16)40-18-5-4-6-19(14-18)41-26(27,28)29)33-23-22-20(31-15-32-23)9-11-34(22)12-10-30-24(35)25(43(2,36)37)42-44(3,38)39/h4-9,11,13-15,25H,10,12H2,1-3H3,(H,30,35)(H,31,32,33). The SMILES string of the molecule is Cc1cc(Nc2ncnc3ccn(CCNC(=O)C(OS(C)(=O)=O)S(C)(=O)=O)c23)ccc1Oc1cccc(OC(F)(F)F)c1. The molecule has 0 saturated heterocycles. The average Bonchev–Trinajstić information content (AvgIpc) is 3.31. The Labute approximate surface area is 250 Å². The molecule has 0 saturated carbocycles. The molecule has 236 valence electrons. The number of anilines is 2. The minimum Gasteiger partial charge on any atom is -0.457 e. The summed E-state index contributed by atoms with van der Waals surface area (Å²) in [6.45, 7) is 1.79. The molecule has 0 spiro atoms. The zero-order valence-electron chi connectivity index (χ0n) is 23.3. The number of fused-ring (bicyclic) bond motifs is 1. The number of amides is 1. The number of benzene rings is 2. The molecule has 0 aliphatic heterocycles. The molecule has 0 aliphatic rings. The number of hydrogen-bond donors (Lipinski definition) is 2. The first-order chi connectivity index (χ1) is 20.5. The van der Waals surface area contributed by atoms with Gasteiger partial charge in [0.25, 0.3) is 21.5 Å². The molecule has 0 aliphatic carbocycles. The summed E-state index contributed by atoms with van der Waals surface area (Å²) in [5.41, 5.74) is 0.122. The number of rotatable bonds is 12. The summed E-state index contributed by atoms with van der Waals surface area (Å²) in [4.78, 5) is 21.0. The quantitative estimate of drug-likeness (QED) is 0.214. The number of carbonyl (C=O) groups excluding carboxylic acids is 1. The van der Waals surface area contributed by atoms with E-state index in [-0.39, 0.29) is 18.8 Å². The van der Waals surface area contributed by atoms with Gasteiger partial charge in [0.1, 0.15) is 29.1 Å². The summed E-state index contributed by atoms with van der Waals surface area (Å²) in [5.74, 6) is -0.631. The summed E-state index contributed by atoms with van der Waals surface area (Å²) >= 11 is 0. The predicted molar refractivity (Wildman–Crippen MR) is 153 cm³/mol. The van der Waals surface area contributed by atoms with E-state index in [9.17, 15) is 34.8 Å². The molecule has 0 fully saturated rings. The molecule has 1 atom stereocenters. The smallest absolute Gasteiger partial charge is 0.457 e. The Morgan fingerprint density at radius 3 is 2.41 bits per heavy atom. The topological polar surface area (TPSA) is 168 Å². The average molecular weight is 658 g/mol. The van der Waals surface area contributed by atoms with Gasteiger partial charge in [-0.2, -0.15) is 8.42 Å². The molecule has 2 aromatic carbocycles. The van der Waals surface area contributed by atoms with E-state index in [4.69, 9.17) is 4.74 Å². The normalized spacial score (nSPS) is 13.0. The van der Waals surface area contributed by atoms with Gasteiger partial charge in [0.2, 0.25) is 0 Å². The van der Waals surface area contributed by atoms with Gasteiger partial charge >= 0.3 is 6.36 Å². The van der Waals surface area contributed by atoms with Crippen molar-refractivity contribution in [2.24, 2.45) is 0 Å². The second-order valence-electron chi connectivity index (χ2n) is 9.45. The lowest BCUT2D eigenvalue weighted by atomic mass is 10.2. The van der Waals surface area contributed by atoms with Crippen molar-refractivity contribution < 1.29 is 48.5 Å². The van der Waals surface area contributed by atoms with E-state index in [1.165, 1.54) is 18.5 Å². The van der Waals surface area contributed by atoms with Gasteiger partial charge in [-0.05, 0) is 48.9 Å². The van der Waals surface area contributed by atoms with E-state index < -0.39 is 43.4 Å². The molecule has 44 heavy (non-hydrogen) atoms. The van der Waals surface area contributed by atoms with Crippen molar-refractivity contribution in [2.75, 3.05) is 24.4 Å². The van der Waals surface area contributed by atoms with Crippen LogP contribution in [0.1, 0.15) is 5.56 Å². The van der Waals surface area contributed by atoms with Crippen LogP contribution in [-0.2, 0) is 35.5 Å². The minimum absolute atomic E-state index is 0.0869. The maximum absolute atomic E-state index is 12.6. The molecule has 1 unspecified atom stereocenters. The Bertz CT molecular complexity index is 1900. The van der Waals surface area contributed by atoms with Crippen molar-refractivity contribution in [1.29, 1.82) is 0 Å². The van der Waals surface area contributed by atoms with E-state index in [2.05, 4.69) is 29.5 Å². The first kappa shape index (κ1) is 32.5. The van der Waals surface area contributed by atoms with Crippen LogP contribution < -0.4 is 20.1 Å². The summed E-state index contributed by atoms with van der Waals surface area (Å²) in [6.07, 6.45) is -0.495. The fourth-order valence-corrected chi connectivity index (χ4v) is 5.88. The number of nitrogens with one attached hydrogen (secondary N) is 2. The second-order valence-corrected chi connectivity index (χ2v) is 13.1. The minimum atomic E-state index is -4.83. The van der Waals surface area contributed by atoms with Crippen molar-refractivity contribution in [1.82, 2.24) is 19.9 Å². The van der Waals surface area contributed by atoms with E-state index in [1.807, 2.05) is 0 Å². The largest absolute Gasteiger partial charge is 0.573 e. The molecule has 18 heteroatoms. The number of halogens is 3. The Morgan fingerprint density at radius 2 is 1.75 bits per heavy atom. The highest BCUT2D eigenvalue weighted by molar-refractivity contribution is 7.93. The lowest BCUT2D eigenvalue weighted by molar-refractivity contribution is -0.274. The Morgan fingerprint density at radius 1 is 1.02 bits per heavy atom. The molecule has 2 heterocycles. The third-order valence-corrected chi connectivity index (χ3v) is 7.52. The van der Waals surface area contributed by atoms with Crippen LogP contribution in [0.2, 0.25) is 0 Å². The van der Waals surface area contributed by atoms with Gasteiger partial charge in [-0.25, -0.2) is 22.6 Å². The monoisotopic (exact) mass is 657 g/mol. The third kappa shape index (κ3) is 8.80. The molecule has 2 N–H and O–H groups in total. The summed E-state index contributed by atoms with van der Waals surface area (Å²) in [7, 11) is -8.43. The number of alkyl halides is 3. The van der Waals surface area contributed by atoms with Gasteiger partial charge < -0.3 is 24.7 Å². The molecule has 4 rings (SSSR count). The zero-order valence-corrected chi connectivity index (χ0v) is 25.0. The van der Waals surface area contributed by atoms with Crippen molar-refractivity contribution >= 4 is 48.4 Å². The fraction of sp³-hybridized carbons (Fsp3) is 0.269. The van der Waals surface area contributed by atoms with Gasteiger partial charge in [0, 0.05) is 37.3 Å². The van der Waals surface area contributed by atoms with Crippen LogP contribution in [0, 0.1) is 6.92 Å². The highest BCUT2D eigenvalue weighted by atomic mass is 32.2. The van der Waals surface area contributed by atoms with Gasteiger partial charge in [0.15, 0.2) is 15.7 Å². The molecular weight excluding hydrogens is 631 g/mol. The number of ether oxygens (including phenoxy) is 2. The summed E-state index contributed by atoms with van der Waals surface area (Å²) in [5, 5.41) is 5.54. The molecule has 0 bridgehead atoms. The molecule has 13 nitrogen and oxygen atoms in total. The summed E-state index contributed by atoms with van der Waals surface area (Å²) < 4.78 is 100. The third-order valence-electron chi connectivity index (χ3n) is 5.77. The lowest BCUT2D eigenvalue weighted by Gasteiger charge is -2.15. The summed E-state index contributed by atoms with van der Waals surface area (Å²) in [6, 6.07) is 11.9. The van der Waals surface area contributed by atoms with Crippen LogP contribution in [-0.4, -0.2) is 68.1 Å². The first-order valence-corrected chi connectivity index (χ1v) is 16.3. The fourth-order valence-electron chi connectivity index (χ4n) is 4.00. The van der Waals surface area contributed by atoms with Crippen molar-refractivity contribution in [3.8, 4) is 17.2 Å². The lowest BCUT2D eigenvalue weighted by Crippen LogP contribution is -2.43. The zero-order chi connectivity index (χ0) is 32.3. The molecule has 1 amide bonds. The molecule has 0 radical (unpaired) electrons. The van der Waals surface area contributed by atoms with Crippen LogP contribution in [0.25, 0.3) is 11.0 Å². The highest BCUT2D eigenvalue weighted by Gasteiger charge is 2.33. The van der Waals surface area contributed by atoms with E-state index in [1.54, 1.807) is 42.0 Å². The van der Waals surface area contributed by atoms with Crippen molar-refractivity contribution in [2.45, 2.75) is 25.3 Å². The van der Waals surface area contributed by atoms with E-state index in [0.29, 0.717) is 46.4 Å². The number of nitrogens with zero attached hydrogens (tertiary/aromatic N) is 3. The first-order valence-electron chi connectivity index (χ1n) is 12.5. The maximum atomic E-state index is 12.6. The number of sulfone groups is 1. The number of aryl methyl sites for hydroxylation is 1. The number of aromatic nitrogens is 3. The molecule has 2 aromatic heterocycles. The van der Waals surface area contributed by atoms with Crippen molar-refractivity contribution in [3.05, 3.63) is 66.6 Å². The Hall–Kier alpha value is -4.42. The van der Waals surface area contributed by atoms with Crippen LogP contribution >= 0.6 is 0 Å².